The van der Waals surface area contributed by atoms with Gasteiger partial charge in [0.05, 0.1) is 13.2 Å². The molecule has 0 heterocycles. The van der Waals surface area contributed by atoms with Crippen LogP contribution in [0.25, 0.3) is 0 Å². The van der Waals surface area contributed by atoms with Crippen molar-refractivity contribution in [2.24, 2.45) is 0 Å². The number of hydrogen-bond acceptors (Lipinski definition) is 2. The number of ether oxygens (including phenoxy) is 1. The summed E-state index contributed by atoms with van der Waals surface area (Å²) in [7, 11) is 1.70. The number of methoxy groups -OCH3 is 1. The molecule has 1 N–H and O–H groups in total. The molecule has 0 aliphatic rings. The summed E-state index contributed by atoms with van der Waals surface area (Å²) in [5.41, 5.74) is 3.40. The highest BCUT2D eigenvalue weighted by Gasteiger charge is 2.17. The summed E-state index contributed by atoms with van der Waals surface area (Å²) in [6, 6.07) is 14.4. The number of benzene rings is 2. The first-order valence-corrected chi connectivity index (χ1v) is 7.67. The Balaban J connectivity index is 2.43. The van der Waals surface area contributed by atoms with Crippen LogP contribution in [0.4, 0.5) is 0 Å². The largest absolute Gasteiger partial charge is 0.496 e. The average molecular weight is 304 g/mol. The van der Waals surface area contributed by atoms with Gasteiger partial charge in [-0.05, 0) is 48.7 Å². The highest BCUT2D eigenvalue weighted by Crippen LogP contribution is 2.31. The summed E-state index contributed by atoms with van der Waals surface area (Å²) < 4.78 is 5.45. The van der Waals surface area contributed by atoms with E-state index in [0.29, 0.717) is 0 Å². The third-order valence-corrected chi connectivity index (χ3v) is 3.92. The predicted octanol–water partition coefficient (Wildman–Crippen LogP) is 4.75. The number of hydrogen-bond donors (Lipinski definition) is 1. The van der Waals surface area contributed by atoms with Crippen LogP contribution in [0.3, 0.4) is 0 Å². The van der Waals surface area contributed by atoms with E-state index >= 15 is 0 Å². The van der Waals surface area contributed by atoms with Gasteiger partial charge in [-0.15, -0.1) is 0 Å². The molecule has 2 aromatic carbocycles. The maximum Gasteiger partial charge on any atom is 0.122 e. The Kier molecular flexibility index (Phi) is 5.66. The quantitative estimate of drug-likeness (QED) is 0.832. The third kappa shape index (κ3) is 3.78. The minimum Gasteiger partial charge on any atom is -0.496 e. The smallest absolute Gasteiger partial charge is 0.122 e. The van der Waals surface area contributed by atoms with Crippen LogP contribution in [0.1, 0.15) is 36.1 Å². The van der Waals surface area contributed by atoms with Gasteiger partial charge in [0.2, 0.25) is 0 Å². The predicted molar refractivity (Wildman–Crippen MR) is 89.3 cm³/mol. The molecule has 2 aromatic rings. The lowest BCUT2D eigenvalue weighted by atomic mass is 9.97. The van der Waals surface area contributed by atoms with Crippen molar-refractivity contribution in [1.82, 2.24) is 5.32 Å². The summed E-state index contributed by atoms with van der Waals surface area (Å²) in [4.78, 5) is 0. The molecule has 112 valence electrons. The van der Waals surface area contributed by atoms with Crippen LogP contribution in [0, 0.1) is 6.92 Å². The molecule has 1 unspecified atom stereocenters. The highest BCUT2D eigenvalue weighted by atomic mass is 35.5. The van der Waals surface area contributed by atoms with Crippen molar-refractivity contribution in [3.8, 4) is 5.75 Å². The van der Waals surface area contributed by atoms with Crippen molar-refractivity contribution in [3.63, 3.8) is 0 Å². The van der Waals surface area contributed by atoms with Crippen molar-refractivity contribution in [3.05, 3.63) is 64.2 Å². The first-order chi connectivity index (χ1) is 10.2. The minimum absolute atomic E-state index is 0.0770. The highest BCUT2D eigenvalue weighted by molar-refractivity contribution is 6.31. The molecule has 2 nitrogen and oxygen atoms in total. The lowest BCUT2D eigenvalue weighted by Crippen LogP contribution is -2.23. The van der Waals surface area contributed by atoms with Crippen LogP contribution >= 0.6 is 11.6 Å². The minimum atomic E-state index is 0.0770. The van der Waals surface area contributed by atoms with Crippen molar-refractivity contribution in [2.45, 2.75) is 26.3 Å². The Bertz CT molecular complexity index is 598. The van der Waals surface area contributed by atoms with E-state index < -0.39 is 0 Å². The van der Waals surface area contributed by atoms with E-state index in [1.165, 1.54) is 5.56 Å². The van der Waals surface area contributed by atoms with Crippen molar-refractivity contribution >= 4 is 11.6 Å². The maximum atomic E-state index is 6.38. The molecule has 0 bridgehead atoms. The van der Waals surface area contributed by atoms with E-state index in [2.05, 4.69) is 36.5 Å². The normalized spacial score (nSPS) is 12.2. The fraction of sp³-hybridized carbons (Fsp3) is 0.333. The molecule has 0 aliphatic carbocycles. The van der Waals surface area contributed by atoms with Gasteiger partial charge in [0.15, 0.2) is 0 Å². The molecule has 0 aliphatic heterocycles. The van der Waals surface area contributed by atoms with Crippen molar-refractivity contribution in [2.75, 3.05) is 13.7 Å². The SMILES string of the molecule is CCCNC(c1ccc(C)c(OC)c1)c1ccccc1Cl. The summed E-state index contributed by atoms with van der Waals surface area (Å²) >= 11 is 6.38. The molecule has 2 rings (SSSR count). The zero-order valence-corrected chi connectivity index (χ0v) is 13.6. The van der Waals surface area contributed by atoms with E-state index in [0.717, 1.165) is 34.9 Å². The van der Waals surface area contributed by atoms with Gasteiger partial charge in [-0.3, -0.25) is 0 Å². The molecule has 0 saturated heterocycles. The Morgan fingerprint density at radius 3 is 2.62 bits per heavy atom. The second kappa shape index (κ2) is 7.48. The summed E-state index contributed by atoms with van der Waals surface area (Å²) in [5, 5.41) is 4.36. The molecule has 1 atom stereocenters. The molecular weight excluding hydrogens is 282 g/mol. The van der Waals surface area contributed by atoms with Gasteiger partial charge in [-0.2, -0.15) is 0 Å². The first-order valence-electron chi connectivity index (χ1n) is 7.29. The van der Waals surface area contributed by atoms with Gasteiger partial charge >= 0.3 is 0 Å². The van der Waals surface area contributed by atoms with E-state index in [4.69, 9.17) is 16.3 Å². The zero-order valence-electron chi connectivity index (χ0n) is 12.8. The second-order valence-corrected chi connectivity index (χ2v) is 5.54. The molecular formula is C18H22ClNO. The van der Waals surface area contributed by atoms with E-state index in [1.807, 2.05) is 25.1 Å². The van der Waals surface area contributed by atoms with Crippen molar-refractivity contribution < 1.29 is 4.74 Å². The van der Waals surface area contributed by atoms with Crippen LogP contribution in [0.5, 0.6) is 5.75 Å². The summed E-state index contributed by atoms with van der Waals surface area (Å²) in [6.45, 7) is 5.14. The average Bonchev–Trinajstić information content (AvgIpc) is 2.50. The lowest BCUT2D eigenvalue weighted by molar-refractivity contribution is 0.410. The molecule has 0 saturated carbocycles. The van der Waals surface area contributed by atoms with E-state index in [1.54, 1.807) is 7.11 Å². The van der Waals surface area contributed by atoms with Gasteiger partial charge < -0.3 is 10.1 Å². The van der Waals surface area contributed by atoms with Crippen molar-refractivity contribution in [1.29, 1.82) is 0 Å². The number of nitrogens with one attached hydrogen (secondary N) is 1. The van der Waals surface area contributed by atoms with Gasteiger partial charge in [-0.25, -0.2) is 0 Å². The molecule has 0 fully saturated rings. The van der Waals surface area contributed by atoms with Gasteiger partial charge in [-0.1, -0.05) is 48.9 Å². The van der Waals surface area contributed by atoms with E-state index in [-0.39, 0.29) is 6.04 Å². The van der Waals surface area contributed by atoms with Crippen LogP contribution in [-0.4, -0.2) is 13.7 Å². The second-order valence-electron chi connectivity index (χ2n) is 5.14. The zero-order chi connectivity index (χ0) is 15.2. The maximum absolute atomic E-state index is 6.38. The summed E-state index contributed by atoms with van der Waals surface area (Å²) in [5.74, 6) is 0.905. The standard InChI is InChI=1S/C18H22ClNO/c1-4-11-20-18(15-7-5-6-8-16(15)19)14-10-9-13(2)17(12-14)21-3/h5-10,12,18,20H,4,11H2,1-3H3. The van der Waals surface area contributed by atoms with Crippen LogP contribution in [0.15, 0.2) is 42.5 Å². The van der Waals surface area contributed by atoms with Gasteiger partial charge in [0, 0.05) is 5.02 Å². The van der Waals surface area contributed by atoms with Crippen LogP contribution in [-0.2, 0) is 0 Å². The Labute approximate surface area is 132 Å². The van der Waals surface area contributed by atoms with E-state index in [9.17, 15) is 0 Å². The fourth-order valence-electron chi connectivity index (χ4n) is 2.42. The third-order valence-electron chi connectivity index (χ3n) is 3.58. The van der Waals surface area contributed by atoms with Crippen LogP contribution in [0.2, 0.25) is 5.02 Å². The molecule has 0 aromatic heterocycles. The molecule has 0 spiro atoms. The molecule has 0 amide bonds. The molecule has 3 heteroatoms. The summed E-state index contributed by atoms with van der Waals surface area (Å²) in [6.07, 6.45) is 1.07. The molecule has 21 heavy (non-hydrogen) atoms. The number of rotatable bonds is 6. The fourth-order valence-corrected chi connectivity index (χ4v) is 2.67. The number of aryl methyl sites for hydroxylation is 1. The lowest BCUT2D eigenvalue weighted by Gasteiger charge is -2.21. The Morgan fingerprint density at radius 2 is 1.95 bits per heavy atom. The number of halogens is 1. The molecule has 0 radical (unpaired) electrons. The Hall–Kier alpha value is -1.51. The van der Waals surface area contributed by atoms with Crippen LogP contribution < -0.4 is 10.1 Å². The first kappa shape index (κ1) is 15.9. The topological polar surface area (TPSA) is 21.3 Å². The monoisotopic (exact) mass is 303 g/mol. The van der Waals surface area contributed by atoms with Gasteiger partial charge in [0.1, 0.15) is 5.75 Å². The van der Waals surface area contributed by atoms with Gasteiger partial charge in [0.25, 0.3) is 0 Å². The Morgan fingerprint density at radius 1 is 1.19 bits per heavy atom.